The maximum absolute atomic E-state index is 13.4. The highest BCUT2D eigenvalue weighted by molar-refractivity contribution is 5.94. The van der Waals surface area contributed by atoms with E-state index in [0.29, 0.717) is 31.1 Å². The van der Waals surface area contributed by atoms with Crippen molar-refractivity contribution >= 4 is 17.5 Å². The molecule has 0 aromatic heterocycles. The Morgan fingerprint density at radius 2 is 1.81 bits per heavy atom. The minimum Gasteiger partial charge on any atom is -0.488 e. The maximum atomic E-state index is 13.4. The van der Waals surface area contributed by atoms with Crippen LogP contribution < -0.4 is 14.8 Å². The zero-order chi connectivity index (χ0) is 29.6. The first-order valence-electron chi connectivity index (χ1n) is 14.8. The topological polar surface area (TPSA) is 91.3 Å². The molecule has 8 nitrogen and oxygen atoms in total. The van der Waals surface area contributed by atoms with E-state index in [1.807, 2.05) is 67.6 Å². The van der Waals surface area contributed by atoms with Crippen LogP contribution in [0.25, 0.3) is 0 Å². The van der Waals surface area contributed by atoms with Gasteiger partial charge in [-0.05, 0) is 74.8 Å². The van der Waals surface area contributed by atoms with E-state index in [0.717, 1.165) is 35.5 Å². The fraction of sp³-hybridized carbons (Fsp3) is 0.412. The average Bonchev–Trinajstić information content (AvgIpc) is 3.83. The molecule has 3 atom stereocenters. The maximum Gasteiger partial charge on any atom is 0.227 e. The molecule has 5 rings (SSSR count). The van der Waals surface area contributed by atoms with E-state index in [1.54, 1.807) is 4.90 Å². The number of aliphatic hydroxyl groups is 1. The minimum absolute atomic E-state index is 0.00671. The number of para-hydroxylation sites is 1. The van der Waals surface area contributed by atoms with E-state index in [2.05, 4.69) is 36.3 Å². The van der Waals surface area contributed by atoms with E-state index in [4.69, 9.17) is 9.47 Å². The Labute approximate surface area is 248 Å². The molecule has 1 aliphatic carbocycles. The summed E-state index contributed by atoms with van der Waals surface area (Å²) in [5.74, 6) is 2.29. The van der Waals surface area contributed by atoms with Gasteiger partial charge in [-0.15, -0.1) is 0 Å². The number of fused-ring (bicyclic) bond motifs is 1. The number of anilines is 1. The predicted octanol–water partition coefficient (Wildman–Crippen LogP) is 5.11. The molecular formula is C34H41N3O5. The van der Waals surface area contributed by atoms with Gasteiger partial charge in [0.1, 0.15) is 23.4 Å². The third-order valence-electron chi connectivity index (χ3n) is 7.98. The molecule has 1 saturated carbocycles. The molecule has 0 bridgehead atoms. The van der Waals surface area contributed by atoms with Gasteiger partial charge in [-0.2, -0.15) is 0 Å². The monoisotopic (exact) mass is 571 g/mol. The van der Waals surface area contributed by atoms with E-state index in [9.17, 15) is 14.7 Å². The molecule has 0 radical (unpaired) electrons. The summed E-state index contributed by atoms with van der Waals surface area (Å²) in [6.45, 7) is 5.67. The van der Waals surface area contributed by atoms with Crippen molar-refractivity contribution < 1.29 is 24.2 Å². The lowest BCUT2D eigenvalue weighted by atomic mass is 10.0. The summed E-state index contributed by atoms with van der Waals surface area (Å²) in [7, 11) is 2.06. The van der Waals surface area contributed by atoms with Crippen LogP contribution in [0.4, 0.5) is 5.69 Å². The summed E-state index contributed by atoms with van der Waals surface area (Å²) < 4.78 is 12.6. The summed E-state index contributed by atoms with van der Waals surface area (Å²) in [5, 5.41) is 12.9. The molecule has 1 aliphatic heterocycles. The van der Waals surface area contributed by atoms with Crippen LogP contribution in [0.5, 0.6) is 17.2 Å². The van der Waals surface area contributed by atoms with E-state index in [1.165, 1.54) is 0 Å². The molecule has 8 heteroatoms. The minimum atomic E-state index is -0.311. The largest absolute Gasteiger partial charge is 0.488 e. The van der Waals surface area contributed by atoms with Crippen LogP contribution in [-0.2, 0) is 22.6 Å². The molecule has 42 heavy (non-hydrogen) atoms. The molecule has 1 fully saturated rings. The quantitative estimate of drug-likeness (QED) is 0.352. The molecular weight excluding hydrogens is 530 g/mol. The number of carbonyl (C=O) groups is 2. The van der Waals surface area contributed by atoms with Crippen LogP contribution in [-0.4, -0.2) is 65.6 Å². The zero-order valence-corrected chi connectivity index (χ0v) is 24.7. The van der Waals surface area contributed by atoms with Crippen molar-refractivity contribution in [1.29, 1.82) is 0 Å². The first kappa shape index (κ1) is 29.6. The lowest BCUT2D eigenvalue weighted by Gasteiger charge is -2.34. The molecule has 2 amide bonds. The van der Waals surface area contributed by atoms with Gasteiger partial charge in [-0.1, -0.05) is 37.3 Å². The Bertz CT molecular complexity index is 1360. The lowest BCUT2D eigenvalue weighted by molar-refractivity contribution is -0.134. The lowest BCUT2D eigenvalue weighted by Crippen LogP contribution is -2.47. The molecule has 0 saturated heterocycles. The van der Waals surface area contributed by atoms with Gasteiger partial charge in [0.05, 0.1) is 19.1 Å². The highest BCUT2D eigenvalue weighted by Gasteiger charge is 2.32. The highest BCUT2D eigenvalue weighted by atomic mass is 16.5. The molecule has 0 unspecified atom stereocenters. The molecule has 222 valence electrons. The van der Waals surface area contributed by atoms with Gasteiger partial charge < -0.3 is 24.8 Å². The van der Waals surface area contributed by atoms with Gasteiger partial charge in [-0.25, -0.2) is 0 Å². The van der Waals surface area contributed by atoms with Crippen molar-refractivity contribution in [3.05, 3.63) is 83.9 Å². The van der Waals surface area contributed by atoms with Crippen molar-refractivity contribution in [2.45, 2.75) is 51.8 Å². The van der Waals surface area contributed by atoms with Gasteiger partial charge in [0.2, 0.25) is 11.8 Å². The summed E-state index contributed by atoms with van der Waals surface area (Å²) in [6.07, 6.45) is 1.77. The predicted molar refractivity (Wildman–Crippen MR) is 163 cm³/mol. The number of ether oxygens (including phenoxy) is 2. The second-order valence-electron chi connectivity index (χ2n) is 11.7. The molecule has 2 N–H and O–H groups in total. The van der Waals surface area contributed by atoms with Crippen molar-refractivity contribution in [3.63, 3.8) is 0 Å². The van der Waals surface area contributed by atoms with E-state index >= 15 is 0 Å². The van der Waals surface area contributed by atoms with Crippen molar-refractivity contribution in [1.82, 2.24) is 9.80 Å². The number of hydrogen-bond acceptors (Lipinski definition) is 6. The summed E-state index contributed by atoms with van der Waals surface area (Å²) in [4.78, 5) is 29.8. The Morgan fingerprint density at radius 1 is 1.10 bits per heavy atom. The van der Waals surface area contributed by atoms with Gasteiger partial charge in [0.15, 0.2) is 0 Å². The first-order valence-corrected chi connectivity index (χ1v) is 14.8. The van der Waals surface area contributed by atoms with E-state index < -0.39 is 0 Å². The third-order valence-corrected chi connectivity index (χ3v) is 7.98. The Balaban J connectivity index is 1.30. The standard InChI is InChI=1S/C34H41N3O5/c1-23-19-37(24(2)22-38)33(39)18-27-17-28(35-34(40)26-11-12-26)13-16-31(27)42-32(23)21-36(3)20-25-9-14-30(15-10-25)41-29-7-5-4-6-8-29/h4-10,13-17,23-24,26,32,38H,11-12,18-22H2,1-3H3,(H,35,40)/t23-,24-,32-/m1/s1. The summed E-state index contributed by atoms with van der Waals surface area (Å²) >= 11 is 0. The number of likely N-dealkylation sites (N-methyl/N-ethyl adjacent to an activating group) is 1. The fourth-order valence-corrected chi connectivity index (χ4v) is 5.29. The summed E-state index contributed by atoms with van der Waals surface area (Å²) in [6, 6.07) is 23.1. The Hall–Kier alpha value is -3.88. The Kier molecular flexibility index (Phi) is 9.45. The summed E-state index contributed by atoms with van der Waals surface area (Å²) in [5.41, 5.74) is 2.56. The van der Waals surface area contributed by atoms with Crippen LogP contribution in [0, 0.1) is 11.8 Å². The number of hydrogen-bond donors (Lipinski definition) is 2. The third kappa shape index (κ3) is 7.69. The van der Waals surface area contributed by atoms with Gasteiger partial charge in [-0.3, -0.25) is 14.5 Å². The zero-order valence-electron chi connectivity index (χ0n) is 24.7. The smallest absolute Gasteiger partial charge is 0.227 e. The Morgan fingerprint density at radius 3 is 2.50 bits per heavy atom. The van der Waals surface area contributed by atoms with Gasteiger partial charge in [0.25, 0.3) is 0 Å². The number of aliphatic hydroxyl groups excluding tert-OH is 1. The number of rotatable bonds is 10. The number of nitrogens with zero attached hydrogens (tertiary/aromatic N) is 2. The molecule has 2 aliphatic rings. The van der Waals surface area contributed by atoms with Crippen LogP contribution in [0.15, 0.2) is 72.8 Å². The normalized spacial score (nSPS) is 19.6. The van der Waals surface area contributed by atoms with Crippen LogP contribution in [0.1, 0.15) is 37.8 Å². The van der Waals surface area contributed by atoms with Crippen molar-refractivity contribution in [2.75, 3.05) is 32.1 Å². The first-order chi connectivity index (χ1) is 20.3. The number of nitrogens with one attached hydrogen (secondary N) is 1. The number of amides is 2. The van der Waals surface area contributed by atoms with E-state index in [-0.39, 0.29) is 48.8 Å². The van der Waals surface area contributed by atoms with Crippen LogP contribution in [0.3, 0.4) is 0 Å². The number of benzene rings is 3. The fourth-order valence-electron chi connectivity index (χ4n) is 5.29. The molecule has 0 spiro atoms. The van der Waals surface area contributed by atoms with Crippen molar-refractivity contribution in [2.24, 2.45) is 11.8 Å². The second-order valence-corrected chi connectivity index (χ2v) is 11.7. The SMILES string of the molecule is C[C@@H]1CN([C@H](C)CO)C(=O)Cc2cc(NC(=O)C3CC3)ccc2O[C@@H]1CN(C)Cc1ccc(Oc2ccccc2)cc1. The number of carbonyl (C=O) groups excluding carboxylic acids is 2. The van der Waals surface area contributed by atoms with Crippen LogP contribution in [0.2, 0.25) is 0 Å². The average molecular weight is 572 g/mol. The highest BCUT2D eigenvalue weighted by Crippen LogP contribution is 2.33. The van der Waals surface area contributed by atoms with Crippen molar-refractivity contribution in [3.8, 4) is 17.2 Å². The molecule has 3 aromatic rings. The van der Waals surface area contributed by atoms with Gasteiger partial charge >= 0.3 is 0 Å². The second kappa shape index (κ2) is 13.4. The molecule has 3 aromatic carbocycles. The van der Waals surface area contributed by atoms with Crippen LogP contribution >= 0.6 is 0 Å². The molecule has 1 heterocycles. The van der Waals surface area contributed by atoms with Gasteiger partial charge in [0, 0.05) is 42.7 Å².